The molecule has 0 aromatic carbocycles. The van der Waals surface area contributed by atoms with Crippen molar-refractivity contribution in [1.82, 2.24) is 0 Å². The van der Waals surface area contributed by atoms with Crippen LogP contribution in [-0.2, 0) is 0 Å². The molecular formula is C15H32. The van der Waals surface area contributed by atoms with E-state index in [-0.39, 0.29) is 0 Å². The smallest absolute Gasteiger partial charge is 0.0363 e. The number of hydrogen-bond acceptors (Lipinski definition) is 0. The van der Waals surface area contributed by atoms with Gasteiger partial charge in [0.15, 0.2) is 0 Å². The van der Waals surface area contributed by atoms with E-state index in [4.69, 9.17) is 0 Å². The van der Waals surface area contributed by atoms with Crippen LogP contribution in [0.25, 0.3) is 0 Å². The SMILES string of the molecule is CCC(C)CC(C)C(CC)C(C)C(C)C. The molecule has 0 aromatic heterocycles. The number of hydrogen-bond donors (Lipinski definition) is 0. The molecule has 0 aliphatic rings. The van der Waals surface area contributed by atoms with Gasteiger partial charge in [0.2, 0.25) is 0 Å². The monoisotopic (exact) mass is 212 g/mol. The minimum Gasteiger partial charge on any atom is -0.0651 e. The molecule has 0 saturated heterocycles. The van der Waals surface area contributed by atoms with Crippen LogP contribution in [0.15, 0.2) is 0 Å². The van der Waals surface area contributed by atoms with Crippen LogP contribution in [0.3, 0.4) is 0 Å². The molecule has 0 nitrogen and oxygen atoms in total. The summed E-state index contributed by atoms with van der Waals surface area (Å²) < 4.78 is 0. The van der Waals surface area contributed by atoms with Crippen molar-refractivity contribution in [3.63, 3.8) is 0 Å². The fourth-order valence-corrected chi connectivity index (χ4v) is 2.76. The summed E-state index contributed by atoms with van der Waals surface area (Å²) in [6.07, 6.45) is 4.08. The van der Waals surface area contributed by atoms with Crippen LogP contribution in [0.4, 0.5) is 0 Å². The average Bonchev–Trinajstić information content (AvgIpc) is 2.18. The average molecular weight is 212 g/mol. The first kappa shape index (κ1) is 15.0. The molecule has 4 atom stereocenters. The standard InChI is InChI=1S/C15H32/c1-8-12(5)10-13(6)15(9-2)14(7)11(3)4/h11-15H,8-10H2,1-7H3. The van der Waals surface area contributed by atoms with Gasteiger partial charge in [-0.15, -0.1) is 0 Å². The van der Waals surface area contributed by atoms with Crippen molar-refractivity contribution >= 4 is 0 Å². The molecule has 0 amide bonds. The third kappa shape index (κ3) is 5.04. The first-order valence-electron chi connectivity index (χ1n) is 6.93. The molecule has 0 spiro atoms. The van der Waals surface area contributed by atoms with Crippen molar-refractivity contribution in [3.05, 3.63) is 0 Å². The van der Waals surface area contributed by atoms with Gasteiger partial charge in [-0.25, -0.2) is 0 Å². The van der Waals surface area contributed by atoms with E-state index in [2.05, 4.69) is 48.5 Å². The van der Waals surface area contributed by atoms with Crippen molar-refractivity contribution < 1.29 is 0 Å². The van der Waals surface area contributed by atoms with Crippen LogP contribution in [0.2, 0.25) is 0 Å². The van der Waals surface area contributed by atoms with Gasteiger partial charge in [-0.3, -0.25) is 0 Å². The van der Waals surface area contributed by atoms with E-state index in [0.717, 1.165) is 29.6 Å². The fourth-order valence-electron chi connectivity index (χ4n) is 2.76. The lowest BCUT2D eigenvalue weighted by molar-refractivity contribution is 0.174. The zero-order valence-electron chi connectivity index (χ0n) is 12.0. The second-order valence-corrected chi connectivity index (χ2v) is 5.90. The van der Waals surface area contributed by atoms with Crippen molar-refractivity contribution in [1.29, 1.82) is 0 Å². The van der Waals surface area contributed by atoms with Gasteiger partial charge in [-0.05, 0) is 36.0 Å². The predicted molar refractivity (Wildman–Crippen MR) is 71.0 cm³/mol. The molecule has 0 fully saturated rings. The van der Waals surface area contributed by atoms with Gasteiger partial charge >= 0.3 is 0 Å². The van der Waals surface area contributed by atoms with E-state index in [0.29, 0.717) is 0 Å². The number of rotatable bonds is 7. The molecule has 0 radical (unpaired) electrons. The predicted octanol–water partition coefficient (Wildman–Crippen LogP) is 5.38. The van der Waals surface area contributed by atoms with E-state index in [9.17, 15) is 0 Å². The lowest BCUT2D eigenvalue weighted by Crippen LogP contribution is -2.24. The van der Waals surface area contributed by atoms with Gasteiger partial charge in [0.25, 0.3) is 0 Å². The van der Waals surface area contributed by atoms with Crippen molar-refractivity contribution in [2.45, 2.75) is 67.7 Å². The molecule has 92 valence electrons. The first-order valence-corrected chi connectivity index (χ1v) is 6.93. The molecule has 0 aromatic rings. The maximum Gasteiger partial charge on any atom is -0.0363 e. The summed E-state index contributed by atoms with van der Waals surface area (Å²) in [6.45, 7) is 16.7. The Kier molecular flexibility index (Phi) is 7.30. The van der Waals surface area contributed by atoms with Crippen molar-refractivity contribution in [2.75, 3.05) is 0 Å². The lowest BCUT2D eigenvalue weighted by Gasteiger charge is -2.32. The highest BCUT2D eigenvalue weighted by Crippen LogP contribution is 2.33. The molecule has 0 rings (SSSR count). The molecule has 0 aliphatic carbocycles. The normalized spacial score (nSPS) is 20.0. The van der Waals surface area contributed by atoms with Crippen molar-refractivity contribution in [2.24, 2.45) is 29.6 Å². The van der Waals surface area contributed by atoms with Crippen LogP contribution in [0.5, 0.6) is 0 Å². The summed E-state index contributed by atoms with van der Waals surface area (Å²) in [4.78, 5) is 0. The second-order valence-electron chi connectivity index (χ2n) is 5.90. The third-order valence-electron chi connectivity index (χ3n) is 4.40. The summed E-state index contributed by atoms with van der Waals surface area (Å²) >= 11 is 0. The summed E-state index contributed by atoms with van der Waals surface area (Å²) in [5.41, 5.74) is 0. The van der Waals surface area contributed by atoms with Gasteiger partial charge in [0, 0.05) is 0 Å². The van der Waals surface area contributed by atoms with E-state index in [1.165, 1.54) is 19.3 Å². The van der Waals surface area contributed by atoms with E-state index < -0.39 is 0 Å². The largest absolute Gasteiger partial charge is 0.0651 e. The Morgan fingerprint density at radius 3 is 1.67 bits per heavy atom. The van der Waals surface area contributed by atoms with Gasteiger partial charge in [0.05, 0.1) is 0 Å². The van der Waals surface area contributed by atoms with E-state index in [1.807, 2.05) is 0 Å². The molecule has 0 bridgehead atoms. The summed E-state index contributed by atoms with van der Waals surface area (Å²) in [7, 11) is 0. The Morgan fingerprint density at radius 2 is 1.33 bits per heavy atom. The highest BCUT2D eigenvalue weighted by atomic mass is 14.3. The molecular weight excluding hydrogens is 180 g/mol. The molecule has 0 heteroatoms. The van der Waals surface area contributed by atoms with Crippen LogP contribution >= 0.6 is 0 Å². The highest BCUT2D eigenvalue weighted by Gasteiger charge is 2.24. The highest BCUT2D eigenvalue weighted by molar-refractivity contribution is 4.74. The van der Waals surface area contributed by atoms with E-state index >= 15 is 0 Å². The molecule has 0 N–H and O–H groups in total. The summed E-state index contributed by atoms with van der Waals surface area (Å²) in [6, 6.07) is 0. The Labute approximate surface area is 97.8 Å². The van der Waals surface area contributed by atoms with Gasteiger partial charge in [-0.2, -0.15) is 0 Å². The first-order chi connectivity index (χ1) is 6.93. The Morgan fingerprint density at radius 1 is 0.800 bits per heavy atom. The van der Waals surface area contributed by atoms with Gasteiger partial charge < -0.3 is 0 Å². The zero-order chi connectivity index (χ0) is 12.0. The fraction of sp³-hybridized carbons (Fsp3) is 1.00. The lowest BCUT2D eigenvalue weighted by atomic mass is 9.73. The third-order valence-corrected chi connectivity index (χ3v) is 4.40. The van der Waals surface area contributed by atoms with Crippen LogP contribution in [0.1, 0.15) is 67.7 Å². The molecule has 15 heavy (non-hydrogen) atoms. The van der Waals surface area contributed by atoms with E-state index in [1.54, 1.807) is 0 Å². The topological polar surface area (TPSA) is 0 Å². The summed E-state index contributed by atoms with van der Waals surface area (Å²) in [5.74, 6) is 4.40. The van der Waals surface area contributed by atoms with Gasteiger partial charge in [-0.1, -0.05) is 61.3 Å². The molecule has 0 saturated carbocycles. The molecule has 0 aliphatic heterocycles. The molecule has 0 heterocycles. The van der Waals surface area contributed by atoms with Crippen LogP contribution < -0.4 is 0 Å². The maximum absolute atomic E-state index is 2.46. The Hall–Kier alpha value is 0. The van der Waals surface area contributed by atoms with Gasteiger partial charge in [0.1, 0.15) is 0 Å². The Bertz CT molecular complexity index is 148. The maximum atomic E-state index is 2.46. The van der Waals surface area contributed by atoms with Crippen LogP contribution in [-0.4, -0.2) is 0 Å². The van der Waals surface area contributed by atoms with Crippen LogP contribution in [0, 0.1) is 29.6 Å². The minimum atomic E-state index is 0.828. The minimum absolute atomic E-state index is 0.828. The second kappa shape index (κ2) is 7.30. The zero-order valence-corrected chi connectivity index (χ0v) is 12.0. The molecule has 4 unspecified atom stereocenters. The summed E-state index contributed by atoms with van der Waals surface area (Å²) in [5, 5.41) is 0. The quantitative estimate of drug-likeness (QED) is 0.531. The Balaban J connectivity index is 4.26. The van der Waals surface area contributed by atoms with Crippen molar-refractivity contribution in [3.8, 4) is 0 Å².